The van der Waals surface area contributed by atoms with Crippen molar-refractivity contribution in [3.8, 4) is 11.3 Å². The van der Waals surface area contributed by atoms with E-state index < -0.39 is 0 Å². The number of hydrogen-bond donors (Lipinski definition) is 0. The van der Waals surface area contributed by atoms with Gasteiger partial charge in [0.05, 0.1) is 10.0 Å². The van der Waals surface area contributed by atoms with Crippen molar-refractivity contribution >= 4 is 29.1 Å². The van der Waals surface area contributed by atoms with E-state index in [9.17, 15) is 4.79 Å². The van der Waals surface area contributed by atoms with Gasteiger partial charge in [-0.2, -0.15) is 0 Å². The van der Waals surface area contributed by atoms with Crippen LogP contribution >= 0.6 is 23.2 Å². The van der Waals surface area contributed by atoms with E-state index in [1.807, 2.05) is 4.90 Å². The van der Waals surface area contributed by atoms with Crippen molar-refractivity contribution < 1.29 is 9.32 Å². The molecule has 24 heavy (non-hydrogen) atoms. The second-order valence-electron chi connectivity index (χ2n) is 6.72. The predicted molar refractivity (Wildman–Crippen MR) is 95.5 cm³/mol. The molecule has 1 aliphatic rings. The first-order chi connectivity index (χ1) is 11.4. The molecule has 1 aromatic heterocycles. The zero-order valence-electron chi connectivity index (χ0n) is 14.0. The van der Waals surface area contributed by atoms with E-state index in [2.05, 4.69) is 19.0 Å². The van der Waals surface area contributed by atoms with E-state index in [1.165, 1.54) is 0 Å². The Hall–Kier alpha value is -1.52. The molecule has 1 saturated heterocycles. The molecule has 1 fully saturated rings. The van der Waals surface area contributed by atoms with E-state index in [4.69, 9.17) is 27.7 Å². The third kappa shape index (κ3) is 3.17. The highest BCUT2D eigenvalue weighted by Crippen LogP contribution is 2.37. The summed E-state index contributed by atoms with van der Waals surface area (Å²) < 4.78 is 5.31. The molecule has 3 rings (SSSR count). The van der Waals surface area contributed by atoms with E-state index in [1.54, 1.807) is 25.1 Å². The number of nitrogens with zero attached hydrogens (tertiary/aromatic N) is 2. The van der Waals surface area contributed by atoms with Crippen molar-refractivity contribution in [1.82, 2.24) is 10.1 Å². The molecule has 0 saturated carbocycles. The van der Waals surface area contributed by atoms with Crippen LogP contribution in [0, 0.1) is 18.8 Å². The molecular formula is C18H20Cl2N2O2. The number of aryl methyl sites for hydroxylation is 1. The van der Waals surface area contributed by atoms with Crippen LogP contribution in [0.5, 0.6) is 0 Å². The van der Waals surface area contributed by atoms with Gasteiger partial charge in [-0.25, -0.2) is 0 Å². The molecule has 0 N–H and O–H groups in total. The summed E-state index contributed by atoms with van der Waals surface area (Å²) in [5, 5.41) is 4.97. The van der Waals surface area contributed by atoms with Crippen LogP contribution in [-0.4, -0.2) is 29.1 Å². The minimum atomic E-state index is -0.0712. The van der Waals surface area contributed by atoms with Gasteiger partial charge < -0.3 is 9.42 Å². The molecule has 1 aromatic carbocycles. The Labute approximate surface area is 151 Å². The molecule has 128 valence electrons. The fourth-order valence-electron chi connectivity index (χ4n) is 3.51. The number of likely N-dealkylation sites (tertiary alicyclic amines) is 1. The van der Waals surface area contributed by atoms with Crippen LogP contribution in [0.1, 0.15) is 36.4 Å². The first kappa shape index (κ1) is 17.3. The van der Waals surface area contributed by atoms with Gasteiger partial charge in [0.1, 0.15) is 17.0 Å². The summed E-state index contributed by atoms with van der Waals surface area (Å²) in [4.78, 5) is 15.0. The molecule has 4 nitrogen and oxygen atoms in total. The number of hydrogen-bond acceptors (Lipinski definition) is 3. The van der Waals surface area contributed by atoms with Crippen LogP contribution in [0.4, 0.5) is 0 Å². The summed E-state index contributed by atoms with van der Waals surface area (Å²) >= 11 is 12.6. The van der Waals surface area contributed by atoms with Gasteiger partial charge in [-0.15, -0.1) is 0 Å². The monoisotopic (exact) mass is 366 g/mol. The van der Waals surface area contributed by atoms with E-state index >= 15 is 0 Å². The van der Waals surface area contributed by atoms with E-state index in [-0.39, 0.29) is 5.91 Å². The molecule has 0 bridgehead atoms. The zero-order chi connectivity index (χ0) is 17.4. The second-order valence-corrected chi connectivity index (χ2v) is 7.53. The van der Waals surface area contributed by atoms with Gasteiger partial charge in [0, 0.05) is 18.7 Å². The van der Waals surface area contributed by atoms with Gasteiger partial charge in [-0.05, 0) is 37.3 Å². The molecule has 6 heteroatoms. The van der Waals surface area contributed by atoms with Crippen LogP contribution in [0.3, 0.4) is 0 Å². The summed E-state index contributed by atoms with van der Waals surface area (Å²) in [7, 11) is 0. The first-order valence-corrected chi connectivity index (χ1v) is 8.84. The normalized spacial score (nSPS) is 21.1. The first-order valence-electron chi connectivity index (χ1n) is 8.08. The maximum atomic E-state index is 13.1. The van der Waals surface area contributed by atoms with Crippen LogP contribution in [0.25, 0.3) is 11.3 Å². The Morgan fingerprint density at radius 2 is 1.79 bits per heavy atom. The van der Waals surface area contributed by atoms with Crippen LogP contribution in [0.15, 0.2) is 22.7 Å². The Morgan fingerprint density at radius 3 is 2.38 bits per heavy atom. The van der Waals surface area contributed by atoms with Gasteiger partial charge in [0.15, 0.2) is 0 Å². The van der Waals surface area contributed by atoms with E-state index in [0.29, 0.717) is 44.5 Å². The van der Waals surface area contributed by atoms with Gasteiger partial charge in [0.2, 0.25) is 0 Å². The maximum Gasteiger partial charge on any atom is 0.259 e. The fourth-order valence-corrected chi connectivity index (χ4v) is 4.08. The highest BCUT2D eigenvalue weighted by Gasteiger charge is 2.31. The molecule has 1 amide bonds. The molecule has 0 spiro atoms. The van der Waals surface area contributed by atoms with Crippen molar-refractivity contribution in [1.29, 1.82) is 0 Å². The van der Waals surface area contributed by atoms with Crippen molar-refractivity contribution in [2.45, 2.75) is 27.2 Å². The van der Waals surface area contributed by atoms with Crippen LogP contribution in [0.2, 0.25) is 10.0 Å². The summed E-state index contributed by atoms with van der Waals surface area (Å²) in [6.07, 6.45) is 1.13. The Morgan fingerprint density at radius 1 is 1.21 bits per heavy atom. The number of amides is 1. The Bertz CT molecular complexity index is 742. The van der Waals surface area contributed by atoms with E-state index in [0.717, 1.165) is 19.5 Å². The Kier molecular flexibility index (Phi) is 4.88. The molecule has 2 heterocycles. The summed E-state index contributed by atoms with van der Waals surface area (Å²) in [5.74, 6) is 1.37. The number of benzene rings is 1. The average Bonchev–Trinajstić information content (AvgIpc) is 2.87. The number of halogens is 2. The lowest BCUT2D eigenvalue weighted by atomic mass is 9.91. The number of aromatic nitrogens is 1. The highest BCUT2D eigenvalue weighted by atomic mass is 35.5. The molecule has 2 atom stereocenters. The molecule has 0 unspecified atom stereocenters. The van der Waals surface area contributed by atoms with Crippen LogP contribution in [-0.2, 0) is 0 Å². The second kappa shape index (κ2) is 6.77. The molecule has 2 aromatic rings. The molecule has 0 aliphatic carbocycles. The maximum absolute atomic E-state index is 13.1. The smallest absolute Gasteiger partial charge is 0.259 e. The van der Waals surface area contributed by atoms with Crippen molar-refractivity contribution in [3.05, 3.63) is 39.6 Å². The third-order valence-electron chi connectivity index (χ3n) is 4.43. The lowest BCUT2D eigenvalue weighted by Gasteiger charge is -2.35. The van der Waals surface area contributed by atoms with Crippen molar-refractivity contribution in [3.63, 3.8) is 0 Å². The average molecular weight is 367 g/mol. The molecular weight excluding hydrogens is 347 g/mol. The summed E-state index contributed by atoms with van der Waals surface area (Å²) in [6.45, 7) is 7.56. The van der Waals surface area contributed by atoms with Gasteiger partial charge in [-0.1, -0.05) is 48.3 Å². The minimum absolute atomic E-state index is 0.0712. The van der Waals surface area contributed by atoms with Gasteiger partial charge >= 0.3 is 0 Å². The largest absolute Gasteiger partial charge is 0.360 e. The minimum Gasteiger partial charge on any atom is -0.360 e. The number of piperidine rings is 1. The summed E-state index contributed by atoms with van der Waals surface area (Å²) in [6, 6.07) is 5.22. The third-order valence-corrected chi connectivity index (χ3v) is 5.06. The standard InChI is InChI=1S/C18H20Cl2N2O2/c1-10-7-11(2)9-22(8-10)18(23)15-12(3)24-21-17(15)16-13(19)5-4-6-14(16)20/h4-6,10-11H,7-9H2,1-3H3/t10-,11-/m1/s1. The molecule has 1 aliphatic heterocycles. The van der Waals surface area contributed by atoms with Gasteiger partial charge in [-0.3, -0.25) is 4.79 Å². The lowest BCUT2D eigenvalue weighted by molar-refractivity contribution is 0.0622. The number of carbonyl (C=O) groups excluding carboxylic acids is 1. The SMILES string of the molecule is Cc1onc(-c2c(Cl)cccc2Cl)c1C(=O)N1C[C@H](C)C[C@@H](C)C1. The number of rotatable bonds is 2. The quantitative estimate of drug-likeness (QED) is 0.744. The topological polar surface area (TPSA) is 46.3 Å². The Balaban J connectivity index is 2.03. The van der Waals surface area contributed by atoms with Crippen molar-refractivity contribution in [2.75, 3.05) is 13.1 Å². The van der Waals surface area contributed by atoms with Crippen LogP contribution < -0.4 is 0 Å². The highest BCUT2D eigenvalue weighted by molar-refractivity contribution is 6.39. The van der Waals surface area contributed by atoms with Gasteiger partial charge in [0.25, 0.3) is 5.91 Å². The fraction of sp³-hybridized carbons (Fsp3) is 0.444. The zero-order valence-corrected chi connectivity index (χ0v) is 15.5. The predicted octanol–water partition coefficient (Wildman–Crippen LogP) is 5.07. The molecule has 0 radical (unpaired) electrons. The number of carbonyl (C=O) groups is 1. The summed E-state index contributed by atoms with van der Waals surface area (Å²) in [5.41, 5.74) is 1.41. The van der Waals surface area contributed by atoms with Crippen molar-refractivity contribution in [2.24, 2.45) is 11.8 Å². The lowest BCUT2D eigenvalue weighted by Crippen LogP contribution is -2.42.